The molecule has 0 saturated carbocycles. The number of hydrogen-bond acceptors (Lipinski definition) is 4. The first kappa shape index (κ1) is 19.2. The second kappa shape index (κ2) is 8.39. The van der Waals surface area contributed by atoms with E-state index < -0.39 is 5.91 Å². The zero-order valence-electron chi connectivity index (χ0n) is 15.8. The smallest absolute Gasteiger partial charge is 0.273 e. The van der Waals surface area contributed by atoms with Gasteiger partial charge in [0.2, 0.25) is 0 Å². The predicted molar refractivity (Wildman–Crippen MR) is 106 cm³/mol. The Morgan fingerprint density at radius 2 is 1.68 bits per heavy atom. The van der Waals surface area contributed by atoms with Gasteiger partial charge in [-0.2, -0.15) is 0 Å². The number of aromatic hydroxyl groups is 1. The topological polar surface area (TPSA) is 96.2 Å². The maximum Gasteiger partial charge on any atom is 0.273 e. The Bertz CT molecular complexity index is 996. The van der Waals surface area contributed by atoms with Crippen LogP contribution in [0.25, 0.3) is 5.69 Å². The van der Waals surface area contributed by atoms with E-state index in [1.807, 2.05) is 54.8 Å². The van der Waals surface area contributed by atoms with Crippen LogP contribution in [0.5, 0.6) is 5.75 Å². The van der Waals surface area contributed by atoms with E-state index in [0.717, 1.165) is 17.1 Å². The number of carbonyl (C=O) groups is 2. The summed E-state index contributed by atoms with van der Waals surface area (Å²) in [6.07, 6.45) is 1.43. The number of rotatable bonds is 6. The Morgan fingerprint density at radius 3 is 2.36 bits per heavy atom. The standard InChI is InChI=1S/C21H22N4O3/c1-14-13-17(15(2)25(14)16-7-4-3-5-8-16)20(27)23-11-12-24-21(28)19-18(26)9-6-10-22-19/h3-10,13,26H,11-12H2,1-2H3,(H,23,27)(H,24,28). The molecule has 144 valence electrons. The number of aromatic nitrogens is 2. The van der Waals surface area contributed by atoms with E-state index in [1.165, 1.54) is 18.3 Å². The maximum absolute atomic E-state index is 12.5. The summed E-state index contributed by atoms with van der Waals surface area (Å²) >= 11 is 0. The Labute approximate surface area is 163 Å². The molecule has 3 rings (SSSR count). The van der Waals surface area contributed by atoms with Crippen molar-refractivity contribution < 1.29 is 14.7 Å². The first-order chi connectivity index (χ1) is 13.5. The van der Waals surface area contributed by atoms with Crippen LogP contribution in [-0.4, -0.2) is 39.6 Å². The number of aryl methyl sites for hydroxylation is 1. The van der Waals surface area contributed by atoms with Crippen LogP contribution < -0.4 is 10.6 Å². The summed E-state index contributed by atoms with van der Waals surface area (Å²) in [6.45, 7) is 4.34. The SMILES string of the molecule is Cc1cc(C(=O)NCCNC(=O)c2ncccc2O)c(C)n1-c1ccccc1. The van der Waals surface area contributed by atoms with Gasteiger partial charge in [0.1, 0.15) is 5.75 Å². The molecule has 3 aromatic rings. The molecule has 7 heteroatoms. The third kappa shape index (κ3) is 4.03. The molecule has 0 bridgehead atoms. The van der Waals surface area contributed by atoms with Gasteiger partial charge in [-0.15, -0.1) is 0 Å². The Kier molecular flexibility index (Phi) is 5.74. The molecule has 0 aliphatic carbocycles. The van der Waals surface area contributed by atoms with E-state index >= 15 is 0 Å². The monoisotopic (exact) mass is 378 g/mol. The molecule has 2 amide bonds. The molecule has 0 aliphatic rings. The van der Waals surface area contributed by atoms with Gasteiger partial charge in [0.25, 0.3) is 11.8 Å². The maximum atomic E-state index is 12.5. The van der Waals surface area contributed by atoms with Crippen LogP contribution in [0.1, 0.15) is 32.2 Å². The second-order valence-electron chi connectivity index (χ2n) is 6.34. The van der Waals surface area contributed by atoms with E-state index in [4.69, 9.17) is 0 Å². The zero-order chi connectivity index (χ0) is 20.1. The summed E-state index contributed by atoms with van der Waals surface area (Å²) in [7, 11) is 0. The number of para-hydroxylation sites is 1. The summed E-state index contributed by atoms with van der Waals surface area (Å²) in [5, 5.41) is 15.1. The number of nitrogens with one attached hydrogen (secondary N) is 2. The second-order valence-corrected chi connectivity index (χ2v) is 6.34. The molecule has 28 heavy (non-hydrogen) atoms. The van der Waals surface area contributed by atoms with Gasteiger partial charge < -0.3 is 20.3 Å². The first-order valence-electron chi connectivity index (χ1n) is 8.93. The normalized spacial score (nSPS) is 10.5. The van der Waals surface area contributed by atoms with Crippen molar-refractivity contribution >= 4 is 11.8 Å². The highest BCUT2D eigenvalue weighted by Gasteiger charge is 2.16. The molecule has 0 atom stereocenters. The number of amides is 2. The molecular weight excluding hydrogens is 356 g/mol. The Hall–Kier alpha value is -3.61. The van der Waals surface area contributed by atoms with E-state index in [2.05, 4.69) is 15.6 Å². The number of nitrogens with zero attached hydrogens (tertiary/aromatic N) is 2. The molecule has 0 saturated heterocycles. The molecule has 7 nitrogen and oxygen atoms in total. The van der Waals surface area contributed by atoms with E-state index in [9.17, 15) is 14.7 Å². The van der Waals surface area contributed by atoms with Gasteiger partial charge in [-0.3, -0.25) is 9.59 Å². The Balaban J connectivity index is 1.59. The van der Waals surface area contributed by atoms with Gasteiger partial charge in [-0.25, -0.2) is 4.98 Å². The van der Waals surface area contributed by atoms with Crippen molar-refractivity contribution in [3.05, 3.63) is 77.4 Å². The minimum absolute atomic E-state index is 0.0415. The minimum atomic E-state index is -0.491. The van der Waals surface area contributed by atoms with Crippen LogP contribution in [0.4, 0.5) is 0 Å². The largest absolute Gasteiger partial charge is 0.505 e. The highest BCUT2D eigenvalue weighted by molar-refractivity contribution is 5.96. The average Bonchev–Trinajstić information content (AvgIpc) is 3.00. The zero-order valence-corrected chi connectivity index (χ0v) is 15.8. The van der Waals surface area contributed by atoms with Gasteiger partial charge >= 0.3 is 0 Å². The van der Waals surface area contributed by atoms with Crippen LogP contribution in [0, 0.1) is 13.8 Å². The highest BCUT2D eigenvalue weighted by Crippen LogP contribution is 2.20. The van der Waals surface area contributed by atoms with Gasteiger partial charge in [0.05, 0.1) is 5.56 Å². The van der Waals surface area contributed by atoms with Crippen molar-refractivity contribution in [3.8, 4) is 11.4 Å². The molecule has 2 heterocycles. The van der Waals surface area contributed by atoms with Gasteiger partial charge in [0.15, 0.2) is 5.69 Å². The lowest BCUT2D eigenvalue weighted by atomic mass is 10.2. The lowest BCUT2D eigenvalue weighted by molar-refractivity contribution is 0.0923. The van der Waals surface area contributed by atoms with Crippen molar-refractivity contribution in [1.29, 1.82) is 0 Å². The number of benzene rings is 1. The summed E-state index contributed by atoms with van der Waals surface area (Å²) in [5.41, 5.74) is 3.37. The van der Waals surface area contributed by atoms with E-state index in [1.54, 1.807) is 0 Å². The fourth-order valence-electron chi connectivity index (χ4n) is 3.07. The fraction of sp³-hybridized carbons (Fsp3) is 0.190. The minimum Gasteiger partial charge on any atom is -0.505 e. The molecule has 3 N–H and O–H groups in total. The van der Waals surface area contributed by atoms with Crippen LogP contribution in [0.3, 0.4) is 0 Å². The summed E-state index contributed by atoms with van der Waals surface area (Å²) in [4.78, 5) is 28.4. The lowest BCUT2D eigenvalue weighted by Crippen LogP contribution is -2.35. The summed E-state index contributed by atoms with van der Waals surface area (Å²) in [6, 6.07) is 14.6. The van der Waals surface area contributed by atoms with Crippen molar-refractivity contribution in [1.82, 2.24) is 20.2 Å². The first-order valence-corrected chi connectivity index (χ1v) is 8.93. The predicted octanol–water partition coefficient (Wildman–Crippen LogP) is 2.35. The Morgan fingerprint density at radius 1 is 1.00 bits per heavy atom. The van der Waals surface area contributed by atoms with E-state index in [0.29, 0.717) is 5.56 Å². The molecule has 0 aliphatic heterocycles. The number of carbonyl (C=O) groups excluding carboxylic acids is 2. The van der Waals surface area contributed by atoms with Crippen molar-refractivity contribution in [2.75, 3.05) is 13.1 Å². The fourth-order valence-corrected chi connectivity index (χ4v) is 3.07. The molecule has 2 aromatic heterocycles. The third-order valence-corrected chi connectivity index (χ3v) is 4.39. The summed E-state index contributed by atoms with van der Waals surface area (Å²) in [5.74, 6) is -0.878. The van der Waals surface area contributed by atoms with Crippen LogP contribution in [-0.2, 0) is 0 Å². The van der Waals surface area contributed by atoms with Gasteiger partial charge in [-0.1, -0.05) is 18.2 Å². The van der Waals surface area contributed by atoms with Crippen molar-refractivity contribution in [2.24, 2.45) is 0 Å². The van der Waals surface area contributed by atoms with Crippen molar-refractivity contribution in [2.45, 2.75) is 13.8 Å². The molecule has 1 aromatic carbocycles. The van der Waals surface area contributed by atoms with Crippen LogP contribution in [0.2, 0.25) is 0 Å². The van der Waals surface area contributed by atoms with Gasteiger partial charge in [0, 0.05) is 36.4 Å². The summed E-state index contributed by atoms with van der Waals surface area (Å²) < 4.78 is 2.03. The third-order valence-electron chi connectivity index (χ3n) is 4.39. The van der Waals surface area contributed by atoms with Crippen LogP contribution >= 0.6 is 0 Å². The molecule has 0 unspecified atom stereocenters. The number of hydrogen-bond donors (Lipinski definition) is 3. The molecule has 0 radical (unpaired) electrons. The lowest BCUT2D eigenvalue weighted by Gasteiger charge is -2.10. The van der Waals surface area contributed by atoms with Crippen LogP contribution in [0.15, 0.2) is 54.7 Å². The van der Waals surface area contributed by atoms with Gasteiger partial charge in [-0.05, 0) is 44.2 Å². The average molecular weight is 378 g/mol. The molecular formula is C21H22N4O3. The molecule has 0 spiro atoms. The molecule has 0 fully saturated rings. The quantitative estimate of drug-likeness (QED) is 0.574. The number of pyridine rings is 1. The van der Waals surface area contributed by atoms with E-state index in [-0.39, 0.29) is 30.4 Å². The van der Waals surface area contributed by atoms with Crippen molar-refractivity contribution in [3.63, 3.8) is 0 Å². The highest BCUT2D eigenvalue weighted by atomic mass is 16.3.